The van der Waals surface area contributed by atoms with Crippen LogP contribution in [0.25, 0.3) is 11.2 Å². The van der Waals surface area contributed by atoms with Gasteiger partial charge < -0.3 is 11.2 Å². The van der Waals surface area contributed by atoms with Crippen LogP contribution in [-0.2, 0) is 0 Å². The van der Waals surface area contributed by atoms with E-state index in [-0.39, 0.29) is 11.5 Å². The van der Waals surface area contributed by atoms with Crippen LogP contribution in [0.5, 0.6) is 0 Å². The van der Waals surface area contributed by atoms with Gasteiger partial charge in [0.05, 0.1) is 0 Å². The van der Waals surface area contributed by atoms with E-state index in [2.05, 4.69) is 20.4 Å². The summed E-state index contributed by atoms with van der Waals surface area (Å²) in [6.45, 7) is 0. The lowest BCUT2D eigenvalue weighted by Gasteiger charge is -2.09. The molecule has 0 radical (unpaired) electrons. The summed E-state index contributed by atoms with van der Waals surface area (Å²) >= 11 is 0. The van der Waals surface area contributed by atoms with Crippen molar-refractivity contribution in [1.29, 1.82) is 0 Å². The van der Waals surface area contributed by atoms with Crippen LogP contribution in [0.2, 0.25) is 0 Å². The van der Waals surface area contributed by atoms with Crippen molar-refractivity contribution in [3.8, 4) is 0 Å². The molecule has 2 heterocycles. The first kappa shape index (κ1) is 8.42. The molecule has 0 spiro atoms. The zero-order valence-electron chi connectivity index (χ0n) is 7.43. The van der Waals surface area contributed by atoms with Gasteiger partial charge in [0.25, 0.3) is 0 Å². The van der Waals surface area contributed by atoms with E-state index in [1.165, 1.54) is 17.1 Å². The van der Waals surface area contributed by atoms with E-state index in [4.69, 9.17) is 5.73 Å². The highest BCUT2D eigenvalue weighted by atomic mass is 16.1. The summed E-state index contributed by atoms with van der Waals surface area (Å²) < 4.78 is 1.39. The van der Waals surface area contributed by atoms with E-state index in [0.717, 1.165) is 0 Å². The molecule has 7 heteroatoms. The number of hydrogen-bond donors (Lipinski definition) is 2. The van der Waals surface area contributed by atoms with Crippen molar-refractivity contribution in [2.75, 3.05) is 18.2 Å². The molecule has 0 saturated carbocycles. The second-order valence-corrected chi connectivity index (χ2v) is 2.56. The number of aromatic nitrogens is 4. The second-order valence-electron chi connectivity index (χ2n) is 2.56. The molecule has 7 nitrogen and oxygen atoms in total. The molecule has 3 N–H and O–H groups in total. The third-order valence-electron chi connectivity index (χ3n) is 1.76. The topological polar surface area (TPSA) is 98.7 Å². The first-order valence-corrected chi connectivity index (χ1v) is 3.91. The van der Waals surface area contributed by atoms with Gasteiger partial charge in [-0.2, -0.15) is 4.98 Å². The highest BCUT2D eigenvalue weighted by molar-refractivity contribution is 5.70. The Morgan fingerprint density at radius 2 is 2.14 bits per heavy atom. The van der Waals surface area contributed by atoms with Crippen LogP contribution in [0, 0.1) is 0 Å². The predicted molar refractivity (Wildman–Crippen MR) is 51.3 cm³/mol. The van der Waals surface area contributed by atoms with Gasteiger partial charge in [-0.3, -0.25) is 4.79 Å². The average molecular weight is 192 g/mol. The molecular weight excluding hydrogens is 184 g/mol. The summed E-state index contributed by atoms with van der Waals surface area (Å²) in [6, 6.07) is 0. The number of rotatable bonds is 1. The number of nitrogen functional groups attached to an aromatic ring is 1. The maximum Gasteiger partial charge on any atom is 0.302 e. The van der Waals surface area contributed by atoms with Gasteiger partial charge in [-0.05, 0) is 0 Å². The summed E-state index contributed by atoms with van der Waals surface area (Å²) in [6.07, 6.45) is 2.91. The van der Waals surface area contributed by atoms with E-state index in [1.54, 1.807) is 7.05 Å². The van der Waals surface area contributed by atoms with Crippen molar-refractivity contribution in [1.82, 2.24) is 19.6 Å². The summed E-state index contributed by atoms with van der Waals surface area (Å²) in [7, 11) is 1.65. The van der Waals surface area contributed by atoms with Crippen LogP contribution >= 0.6 is 0 Å². The minimum absolute atomic E-state index is 0.0606. The highest BCUT2D eigenvalue weighted by Crippen LogP contribution is 2.03. The molecule has 0 fully saturated rings. The van der Waals surface area contributed by atoms with Crippen LogP contribution in [0.1, 0.15) is 0 Å². The zero-order chi connectivity index (χ0) is 10.1. The predicted octanol–water partition coefficient (Wildman–Crippen LogP) is -1.06. The Hall–Kier alpha value is -2.18. The monoisotopic (exact) mass is 192 g/mol. The molecule has 0 amide bonds. The molecule has 0 aliphatic carbocycles. The fourth-order valence-corrected chi connectivity index (χ4v) is 1.18. The van der Waals surface area contributed by atoms with E-state index >= 15 is 0 Å². The Kier molecular flexibility index (Phi) is 1.77. The number of nitrogens with zero attached hydrogens (tertiary/aromatic N) is 4. The number of hydrogen-bond acceptors (Lipinski definition) is 6. The molecule has 2 aromatic rings. The Morgan fingerprint density at radius 1 is 1.43 bits per heavy atom. The van der Waals surface area contributed by atoms with Gasteiger partial charge in [-0.1, -0.05) is 0 Å². The molecule has 0 aromatic carbocycles. The van der Waals surface area contributed by atoms with Gasteiger partial charge in [0, 0.05) is 19.4 Å². The SMILES string of the molecule is CNn1c(N)nc(=O)c2nccnc21. The third kappa shape index (κ3) is 1.06. The molecule has 0 saturated heterocycles. The largest absolute Gasteiger partial charge is 0.368 e. The molecule has 0 atom stereocenters. The molecule has 0 aliphatic rings. The quantitative estimate of drug-likeness (QED) is 0.597. The summed E-state index contributed by atoms with van der Waals surface area (Å²) in [4.78, 5) is 22.8. The number of nitrogens with two attached hydrogens (primary N) is 1. The zero-order valence-corrected chi connectivity index (χ0v) is 7.43. The van der Waals surface area contributed by atoms with Crippen molar-refractivity contribution >= 4 is 17.1 Å². The Balaban J connectivity index is 2.98. The molecule has 14 heavy (non-hydrogen) atoms. The Morgan fingerprint density at radius 3 is 2.86 bits per heavy atom. The van der Waals surface area contributed by atoms with Crippen molar-refractivity contribution < 1.29 is 0 Å². The van der Waals surface area contributed by atoms with Gasteiger partial charge in [0.1, 0.15) is 0 Å². The van der Waals surface area contributed by atoms with Crippen LogP contribution in [-0.4, -0.2) is 26.7 Å². The minimum atomic E-state index is -0.475. The number of anilines is 1. The minimum Gasteiger partial charge on any atom is -0.368 e. The summed E-state index contributed by atoms with van der Waals surface area (Å²) in [5.41, 5.74) is 8.36. The van der Waals surface area contributed by atoms with E-state index in [9.17, 15) is 4.79 Å². The van der Waals surface area contributed by atoms with Crippen LogP contribution in [0.4, 0.5) is 5.95 Å². The molecule has 2 rings (SSSR count). The maximum atomic E-state index is 11.3. The molecule has 0 bridgehead atoms. The Bertz CT molecular complexity index is 533. The number of nitrogens with one attached hydrogen (secondary N) is 1. The fraction of sp³-hybridized carbons (Fsp3) is 0.143. The van der Waals surface area contributed by atoms with Crippen LogP contribution in [0.15, 0.2) is 17.2 Å². The van der Waals surface area contributed by atoms with E-state index in [1.807, 2.05) is 0 Å². The van der Waals surface area contributed by atoms with Crippen molar-refractivity contribution in [3.05, 3.63) is 22.7 Å². The first-order chi connectivity index (χ1) is 6.74. The van der Waals surface area contributed by atoms with Gasteiger partial charge in [0.2, 0.25) is 5.95 Å². The average Bonchev–Trinajstić information content (AvgIpc) is 2.18. The lowest BCUT2D eigenvalue weighted by Crippen LogP contribution is -2.23. The lowest BCUT2D eigenvalue weighted by atomic mass is 10.5. The van der Waals surface area contributed by atoms with Gasteiger partial charge >= 0.3 is 5.56 Å². The van der Waals surface area contributed by atoms with Crippen LogP contribution < -0.4 is 16.7 Å². The normalized spacial score (nSPS) is 10.4. The molecule has 0 unspecified atom stereocenters. The van der Waals surface area contributed by atoms with E-state index < -0.39 is 5.56 Å². The molecule has 72 valence electrons. The molecular formula is C7H8N6O. The molecule has 2 aromatic heterocycles. The van der Waals surface area contributed by atoms with Crippen molar-refractivity contribution in [3.63, 3.8) is 0 Å². The summed E-state index contributed by atoms with van der Waals surface area (Å²) in [5, 5.41) is 0. The third-order valence-corrected chi connectivity index (χ3v) is 1.76. The smallest absolute Gasteiger partial charge is 0.302 e. The first-order valence-electron chi connectivity index (χ1n) is 3.91. The lowest BCUT2D eigenvalue weighted by molar-refractivity contribution is 0.905. The van der Waals surface area contributed by atoms with Crippen LogP contribution in [0.3, 0.4) is 0 Å². The maximum absolute atomic E-state index is 11.3. The highest BCUT2D eigenvalue weighted by Gasteiger charge is 2.08. The van der Waals surface area contributed by atoms with Crippen molar-refractivity contribution in [2.45, 2.75) is 0 Å². The summed E-state index contributed by atoms with van der Waals surface area (Å²) in [5.74, 6) is 0.0606. The molecule has 0 aliphatic heterocycles. The second kappa shape index (κ2) is 2.95. The van der Waals surface area contributed by atoms with Gasteiger partial charge in [-0.25, -0.2) is 14.6 Å². The standard InChI is InChI=1S/C7H8N6O/c1-9-13-5-4(10-2-3-11-5)6(14)12-7(13)8/h2-3,9H,1H3,(H2,8,12,14). The number of fused-ring (bicyclic) bond motifs is 1. The Labute approximate surface area is 78.6 Å². The van der Waals surface area contributed by atoms with Crippen molar-refractivity contribution in [2.24, 2.45) is 0 Å². The fourth-order valence-electron chi connectivity index (χ4n) is 1.18. The van der Waals surface area contributed by atoms with Gasteiger partial charge in [0.15, 0.2) is 11.2 Å². The van der Waals surface area contributed by atoms with Gasteiger partial charge in [-0.15, -0.1) is 0 Å². The van der Waals surface area contributed by atoms with E-state index in [0.29, 0.717) is 5.65 Å².